The van der Waals surface area contributed by atoms with E-state index in [1.807, 2.05) is 31.1 Å². The minimum absolute atomic E-state index is 0. The van der Waals surface area contributed by atoms with Crippen molar-refractivity contribution in [3.8, 4) is 12.8 Å². The van der Waals surface area contributed by atoms with Gasteiger partial charge in [0.25, 0.3) is 0 Å². The molecule has 2 atom stereocenters. The Kier molecular flexibility index (Phi) is 59.6. The van der Waals surface area contributed by atoms with Crippen LogP contribution in [0.5, 0.6) is 0 Å². The average molecular weight is 1280 g/mol. The van der Waals surface area contributed by atoms with E-state index in [0.717, 1.165) is 107 Å². The molecule has 14 nitrogen and oxygen atoms in total. The zero-order valence-corrected chi connectivity index (χ0v) is 53.4. The fraction of sp³-hybridized carbons (Fsp3) is 0.851. The van der Waals surface area contributed by atoms with Gasteiger partial charge in [0.05, 0.1) is 0 Å². The van der Waals surface area contributed by atoms with Gasteiger partial charge in [0, 0.05) is 191 Å². The number of carbonyl (C=O) groups is 1. The third-order valence-electron chi connectivity index (χ3n) is 13.4. The molecule has 0 aromatic carbocycles. The van der Waals surface area contributed by atoms with Gasteiger partial charge >= 0.3 is 0 Å². The number of terminal acetylenes is 1. The maximum absolute atomic E-state index is 11.0. The first-order valence-electron chi connectivity index (χ1n) is 22.2. The molecule has 8 heterocycles. The van der Waals surface area contributed by atoms with Crippen LogP contribution < -0.4 is 10.6 Å². The molecule has 8 aliphatic heterocycles. The van der Waals surface area contributed by atoms with Crippen LogP contribution in [0, 0.1) is 67.3 Å². The summed E-state index contributed by atoms with van der Waals surface area (Å²) in [6.07, 6.45) is 23.6. The summed E-state index contributed by atoms with van der Waals surface area (Å²) in [5.41, 5.74) is 0. The summed E-state index contributed by atoms with van der Waals surface area (Å²) in [4.78, 5) is 49.2. The molecule has 8 aliphatic rings. The third kappa shape index (κ3) is 31.8. The van der Waals surface area contributed by atoms with Gasteiger partial charge in [-0.25, -0.2) is 7.11 Å². The number of carbonyl (C=O) groups excluding carboxylic acids is 4. The molecule has 0 bridgehead atoms. The maximum atomic E-state index is 11.0. The van der Waals surface area contributed by atoms with Crippen molar-refractivity contribution in [1.29, 1.82) is 0 Å². The van der Waals surface area contributed by atoms with Crippen molar-refractivity contribution in [3.63, 3.8) is 0 Å². The van der Waals surface area contributed by atoms with Crippen LogP contribution in [0.2, 0.25) is 0 Å². The van der Waals surface area contributed by atoms with E-state index in [2.05, 4.69) is 68.2 Å². The van der Waals surface area contributed by atoms with E-state index >= 15 is 0 Å². The summed E-state index contributed by atoms with van der Waals surface area (Å²) >= 11 is 0. The summed E-state index contributed by atoms with van der Waals surface area (Å²) in [7, 11) is 11.7. The van der Waals surface area contributed by atoms with Crippen molar-refractivity contribution in [2.45, 2.75) is 87.5 Å². The van der Waals surface area contributed by atoms with E-state index < -0.39 is 0 Å². The molecule has 2 unspecified atom stereocenters. The van der Waals surface area contributed by atoms with Gasteiger partial charge in [0.15, 0.2) is 0 Å². The Morgan fingerprint density at radius 1 is 0.567 bits per heavy atom. The van der Waals surface area contributed by atoms with Crippen LogP contribution in [0.4, 0.5) is 0 Å². The van der Waals surface area contributed by atoms with Crippen LogP contribution in [0.25, 0.3) is 0 Å². The van der Waals surface area contributed by atoms with E-state index in [1.54, 1.807) is 28.7 Å². The number of piperidine rings is 4. The molecule has 4 radical (unpaired) electrons. The Labute approximate surface area is 516 Å². The Bertz CT molecular complexity index is 1180. The molecule has 8 rings (SSSR count). The molecule has 0 spiro atoms. The maximum Gasteiger partial charge on any atom is 0.219 e. The first kappa shape index (κ1) is 80.9. The average Bonchev–Trinajstić information content (AvgIpc) is 3.23. The van der Waals surface area contributed by atoms with Gasteiger partial charge in [-0.2, -0.15) is 19.2 Å². The number of rotatable bonds is 8. The number of nitrogens with one attached hydrogen (secondary N) is 2. The zero-order chi connectivity index (χ0) is 44.3. The van der Waals surface area contributed by atoms with E-state index in [0.29, 0.717) is 11.8 Å². The largest absolute Gasteiger partial charge is 0.557 e. The molecule has 8 saturated heterocycles. The number of likely N-dealkylation sites (tertiary alicyclic amines) is 4. The molecule has 4 amide bonds. The molecule has 67 heavy (non-hydrogen) atoms. The smallest absolute Gasteiger partial charge is 0.219 e. The first-order valence-corrected chi connectivity index (χ1v) is 23.3. The fourth-order valence-corrected chi connectivity index (χ4v) is 10.2. The monoisotopic (exact) mass is 1280 g/mol. The molecule has 0 aromatic rings. The second kappa shape index (κ2) is 49.4. The molecule has 0 aliphatic carbocycles. The van der Waals surface area contributed by atoms with Crippen LogP contribution in [0.1, 0.15) is 87.5 Å². The topological polar surface area (TPSA) is 130 Å². The van der Waals surface area contributed by atoms with E-state index in [1.165, 1.54) is 98.0 Å². The Morgan fingerprint density at radius 2 is 0.836 bits per heavy atom. The molecular formula is C47H92N8O6P2Y4-4. The first-order chi connectivity index (χ1) is 29.1. The van der Waals surface area contributed by atoms with Gasteiger partial charge in [-0.3, -0.25) is 14.1 Å². The van der Waals surface area contributed by atoms with Gasteiger partial charge in [-0.05, 0) is 178 Å². The van der Waals surface area contributed by atoms with Gasteiger partial charge in [-0.1, -0.05) is 41.1 Å². The van der Waals surface area contributed by atoms with Crippen molar-refractivity contribution in [1.82, 2.24) is 39.6 Å². The van der Waals surface area contributed by atoms with Crippen LogP contribution in [-0.4, -0.2) is 180 Å². The Hall–Kier alpha value is 2.48. The van der Waals surface area contributed by atoms with Crippen LogP contribution >= 0.6 is 18.8 Å². The van der Waals surface area contributed by atoms with E-state index in [4.69, 9.17) is 0 Å². The quantitative estimate of drug-likeness (QED) is 0.202. The van der Waals surface area contributed by atoms with E-state index in [9.17, 15) is 19.2 Å². The van der Waals surface area contributed by atoms with Crippen LogP contribution in [0.15, 0.2) is 0 Å². The van der Waals surface area contributed by atoms with Gasteiger partial charge < -0.3 is 54.1 Å². The summed E-state index contributed by atoms with van der Waals surface area (Å²) in [6.45, 7) is 21.6. The molecule has 8 fully saturated rings. The second-order valence-electron chi connectivity index (χ2n) is 17.2. The van der Waals surface area contributed by atoms with Gasteiger partial charge in [0.2, 0.25) is 5.91 Å². The van der Waals surface area contributed by atoms with Gasteiger partial charge in [0.1, 0.15) is 0 Å². The second-order valence-corrected chi connectivity index (χ2v) is 18.7. The molecule has 382 valence electrons. The molecular weight excluding hydrogens is 1190 g/mol. The summed E-state index contributed by atoms with van der Waals surface area (Å²) in [5.74, 6) is 7.06. The number of methoxy groups -OCH3 is 2. The minimum Gasteiger partial charge on any atom is -0.557 e. The predicted octanol–water partition coefficient (Wildman–Crippen LogP) is 4.65. The predicted molar refractivity (Wildman–Crippen MR) is 267 cm³/mol. The standard InChI is InChI=1S/C11H17N2O2.C9H16N2OP.C9H15N2O.C8H17N2P.C3H8O.C2H5O.C2H2.3CH4.4Y/c1-9(15)13-6-11(7-13)10-2-4-12(8-14)5-3-10;12-7-10-3-1-8(2-4-10)9-5-11(13)6-9;12-7-11-3-1-8(2-4-11)9-5-10-6-9;11-10-5-8(6-10)7-1-3-9-4-2-7;1-3-4-2;1-3-2;1-2;;;;;;;/h10-11H,2-7H2,1H3;8-9H,1-6,13H2;8-10H,1-6H2;7-9H,1-6,11H2;3H2,1-2H3;1H2,2H3;1-2H;3*1H4;;;;/q3*-1;;;-1;;;;;;;;. The number of amides is 4. The Morgan fingerprint density at radius 3 is 1.06 bits per heavy atom. The summed E-state index contributed by atoms with van der Waals surface area (Å²) < 4.78 is 13.2. The molecule has 2 N–H and O–H groups in total. The molecule has 0 aromatic heterocycles. The minimum atomic E-state index is 0. The molecule has 0 saturated carbocycles. The third-order valence-corrected chi connectivity index (χ3v) is 14.2. The SMILES string of the molecule is C.C.C.C#C.CC(=O)N1CC(C2CCN([C-]=O)CC2)C1.CCOC.O=[C-]N1CCC(C2CN(P)C2)CC1.O=[C-]N1CCC(C2CNC2)CC1.PN1CC(C2CCNCC2)C1.[CH2-]OC.[Y].[Y].[Y].[Y]. The number of hydrogen-bond donors (Lipinski definition) is 2. The van der Waals surface area contributed by atoms with Crippen molar-refractivity contribution in [2.75, 3.05) is 126 Å². The summed E-state index contributed by atoms with van der Waals surface area (Å²) in [5, 5.41) is 6.70. The van der Waals surface area contributed by atoms with Crippen molar-refractivity contribution >= 4 is 43.9 Å². The van der Waals surface area contributed by atoms with Crippen molar-refractivity contribution in [3.05, 3.63) is 7.11 Å². The number of ether oxygens (including phenoxy) is 2. The number of hydrogen-bond acceptors (Lipinski definition) is 10. The van der Waals surface area contributed by atoms with Crippen molar-refractivity contribution in [2.24, 2.45) is 47.3 Å². The van der Waals surface area contributed by atoms with Crippen LogP contribution in [0.3, 0.4) is 0 Å². The van der Waals surface area contributed by atoms with E-state index in [-0.39, 0.29) is 159 Å². The Balaban J connectivity index is -0.000000170. The molecule has 20 heteroatoms. The number of nitrogens with zero attached hydrogens (tertiary/aromatic N) is 6. The van der Waals surface area contributed by atoms with Crippen molar-refractivity contribution < 1.29 is 159 Å². The normalized spacial score (nSPS) is 21.1. The van der Waals surface area contributed by atoms with Crippen LogP contribution in [-0.2, 0) is 159 Å². The fourth-order valence-electron chi connectivity index (χ4n) is 9.11. The summed E-state index contributed by atoms with van der Waals surface area (Å²) in [6, 6.07) is 0. The zero-order valence-electron chi connectivity index (χ0n) is 39.8. The van der Waals surface area contributed by atoms with Gasteiger partial charge in [-0.15, -0.1) is 12.8 Å².